The van der Waals surface area contributed by atoms with Gasteiger partial charge in [-0.1, -0.05) is 24.3 Å². The van der Waals surface area contributed by atoms with Crippen LogP contribution in [0.5, 0.6) is 0 Å². The molecule has 0 aliphatic carbocycles. The van der Waals surface area contributed by atoms with Gasteiger partial charge in [0.05, 0.1) is 11.1 Å². The van der Waals surface area contributed by atoms with E-state index in [0.717, 1.165) is 30.5 Å². The van der Waals surface area contributed by atoms with Crippen LogP contribution in [0.25, 0.3) is 10.8 Å². The number of halogens is 1. The molecule has 0 bridgehead atoms. The zero-order chi connectivity index (χ0) is 23.7. The molecule has 0 saturated carbocycles. The zero-order valence-corrected chi connectivity index (χ0v) is 19.5. The van der Waals surface area contributed by atoms with Crippen LogP contribution in [0.15, 0.2) is 52.3 Å². The molecule has 0 atom stereocenters. The minimum absolute atomic E-state index is 0.257. The van der Waals surface area contributed by atoms with Crippen LogP contribution in [-0.2, 0) is 11.0 Å². The maximum atomic E-state index is 14.9. The van der Waals surface area contributed by atoms with Crippen LogP contribution in [0.4, 0.5) is 4.39 Å². The second kappa shape index (κ2) is 9.03. The fourth-order valence-electron chi connectivity index (χ4n) is 4.61. The third-order valence-corrected chi connectivity index (χ3v) is 9.70. The molecule has 1 aromatic heterocycles. The highest BCUT2D eigenvalue weighted by atomic mass is 31.2. The van der Waals surface area contributed by atoms with E-state index in [9.17, 15) is 13.8 Å². The van der Waals surface area contributed by atoms with Gasteiger partial charge in [-0.3, -0.25) is 4.79 Å². The maximum Gasteiger partial charge on any atom is 0.272 e. The van der Waals surface area contributed by atoms with Crippen molar-refractivity contribution in [1.29, 1.82) is 5.26 Å². The first-order valence-corrected chi connectivity index (χ1v) is 13.4. The van der Waals surface area contributed by atoms with Gasteiger partial charge in [0, 0.05) is 55.6 Å². The SMILES string of the molecule is N#CN=C(N1CCC1)N1CCP(=O)(c2cc(Cc3n[nH]c(=O)c4ccccc34)ccc2F)CC1. The van der Waals surface area contributed by atoms with E-state index in [2.05, 4.69) is 15.2 Å². The van der Waals surface area contributed by atoms with E-state index in [1.807, 2.05) is 28.1 Å². The summed E-state index contributed by atoms with van der Waals surface area (Å²) < 4.78 is 28.7. The molecule has 10 heteroatoms. The molecular formula is C24H24FN6O2P. The molecule has 0 spiro atoms. The highest BCUT2D eigenvalue weighted by Crippen LogP contribution is 2.47. The smallest absolute Gasteiger partial charge is 0.272 e. The number of nitrogens with zero attached hydrogens (tertiary/aromatic N) is 5. The maximum absolute atomic E-state index is 14.9. The number of hydrogen-bond donors (Lipinski definition) is 1. The summed E-state index contributed by atoms with van der Waals surface area (Å²) in [6.07, 6.45) is 3.96. The van der Waals surface area contributed by atoms with Crippen molar-refractivity contribution >= 4 is 29.2 Å². The van der Waals surface area contributed by atoms with Gasteiger partial charge in [-0.05, 0) is 30.2 Å². The van der Waals surface area contributed by atoms with Crippen molar-refractivity contribution in [3.63, 3.8) is 0 Å². The Morgan fingerprint density at radius 3 is 2.50 bits per heavy atom. The number of aliphatic imine (C=N–C) groups is 1. The van der Waals surface area contributed by atoms with Gasteiger partial charge in [-0.25, -0.2) is 9.49 Å². The van der Waals surface area contributed by atoms with Gasteiger partial charge >= 0.3 is 0 Å². The Morgan fingerprint density at radius 1 is 1.12 bits per heavy atom. The third-order valence-electron chi connectivity index (χ3n) is 6.63. The predicted octanol–water partition coefficient (Wildman–Crippen LogP) is 2.50. The van der Waals surface area contributed by atoms with Gasteiger partial charge in [0.1, 0.15) is 13.0 Å². The number of guanidine groups is 1. The standard InChI is InChI=1S/C24H24FN6O2P/c25-20-7-6-17(14-21-18-4-1-2-5-19(18)23(32)29-28-21)15-22(20)34(33)12-10-31(11-13-34)24(27-16-26)30-8-3-9-30/h1-2,4-7,15H,3,8-14H2,(H,29,32). The number of aromatic nitrogens is 2. The molecule has 1 N–H and O–H groups in total. The second-order valence-corrected chi connectivity index (χ2v) is 11.8. The number of benzene rings is 2. The molecule has 34 heavy (non-hydrogen) atoms. The quantitative estimate of drug-likeness (QED) is 0.268. The lowest BCUT2D eigenvalue weighted by atomic mass is 10.0. The van der Waals surface area contributed by atoms with Crippen molar-refractivity contribution in [3.05, 3.63) is 69.9 Å². The Morgan fingerprint density at radius 2 is 1.82 bits per heavy atom. The van der Waals surface area contributed by atoms with E-state index >= 15 is 0 Å². The van der Waals surface area contributed by atoms with Crippen LogP contribution < -0.4 is 10.9 Å². The minimum atomic E-state index is -2.96. The van der Waals surface area contributed by atoms with Crippen LogP contribution in [0.1, 0.15) is 17.7 Å². The molecule has 2 fully saturated rings. The van der Waals surface area contributed by atoms with Crippen molar-refractivity contribution in [2.45, 2.75) is 12.8 Å². The summed E-state index contributed by atoms with van der Waals surface area (Å²) in [5, 5.41) is 17.4. The van der Waals surface area contributed by atoms with E-state index in [1.165, 1.54) is 6.07 Å². The molecule has 0 radical (unpaired) electrons. The van der Waals surface area contributed by atoms with Crippen LogP contribution in [0.3, 0.4) is 0 Å². The normalized spacial score (nSPS) is 17.9. The highest BCUT2D eigenvalue weighted by molar-refractivity contribution is 7.71. The lowest BCUT2D eigenvalue weighted by Crippen LogP contribution is -2.53. The van der Waals surface area contributed by atoms with E-state index in [4.69, 9.17) is 5.26 Å². The van der Waals surface area contributed by atoms with Crippen molar-refractivity contribution in [1.82, 2.24) is 20.0 Å². The van der Waals surface area contributed by atoms with Gasteiger partial charge in [0.25, 0.3) is 5.56 Å². The van der Waals surface area contributed by atoms with E-state index < -0.39 is 13.0 Å². The lowest BCUT2D eigenvalue weighted by Gasteiger charge is -2.41. The summed E-state index contributed by atoms with van der Waals surface area (Å²) in [7, 11) is -2.96. The van der Waals surface area contributed by atoms with E-state index in [0.29, 0.717) is 48.9 Å². The predicted molar refractivity (Wildman–Crippen MR) is 129 cm³/mol. The molecule has 2 aromatic carbocycles. The number of hydrogen-bond acceptors (Lipinski definition) is 5. The van der Waals surface area contributed by atoms with Crippen LogP contribution in [0, 0.1) is 17.3 Å². The van der Waals surface area contributed by atoms with Gasteiger partial charge in [-0.2, -0.15) is 10.4 Å². The van der Waals surface area contributed by atoms with Gasteiger partial charge < -0.3 is 14.4 Å². The van der Waals surface area contributed by atoms with E-state index in [1.54, 1.807) is 24.3 Å². The topological polar surface area (TPSA) is 105 Å². The lowest BCUT2D eigenvalue weighted by molar-refractivity contribution is 0.251. The highest BCUT2D eigenvalue weighted by Gasteiger charge is 2.36. The van der Waals surface area contributed by atoms with Crippen molar-refractivity contribution in [2.24, 2.45) is 4.99 Å². The Bertz CT molecular complexity index is 1410. The fraction of sp³-hybridized carbons (Fsp3) is 0.333. The molecular weight excluding hydrogens is 454 g/mol. The molecule has 8 nitrogen and oxygen atoms in total. The molecule has 2 aliphatic rings. The molecule has 2 aliphatic heterocycles. The molecule has 0 amide bonds. The number of aromatic amines is 1. The fourth-order valence-corrected chi connectivity index (χ4v) is 7.31. The van der Waals surface area contributed by atoms with Crippen molar-refractivity contribution < 1.29 is 8.96 Å². The summed E-state index contributed by atoms with van der Waals surface area (Å²) >= 11 is 0. The molecule has 0 unspecified atom stereocenters. The number of fused-ring (bicyclic) bond motifs is 1. The summed E-state index contributed by atoms with van der Waals surface area (Å²) in [4.78, 5) is 20.1. The van der Waals surface area contributed by atoms with Gasteiger partial charge in [0.2, 0.25) is 12.2 Å². The van der Waals surface area contributed by atoms with E-state index in [-0.39, 0.29) is 10.9 Å². The molecule has 5 rings (SSSR count). The molecule has 3 aromatic rings. The minimum Gasteiger partial charge on any atom is -0.342 e. The number of likely N-dealkylation sites (tertiary alicyclic amines) is 1. The number of nitriles is 1. The largest absolute Gasteiger partial charge is 0.342 e. The van der Waals surface area contributed by atoms with Crippen molar-refractivity contribution in [3.8, 4) is 6.19 Å². The Labute approximate surface area is 196 Å². The van der Waals surface area contributed by atoms with Crippen LogP contribution >= 0.6 is 7.14 Å². The Kier molecular flexibility index (Phi) is 5.93. The number of rotatable bonds is 3. The van der Waals surface area contributed by atoms with Crippen LogP contribution in [0.2, 0.25) is 0 Å². The van der Waals surface area contributed by atoms with Gasteiger partial charge in [0.15, 0.2) is 0 Å². The third kappa shape index (κ3) is 4.10. The summed E-state index contributed by atoms with van der Waals surface area (Å²) in [5.41, 5.74) is 1.20. The summed E-state index contributed by atoms with van der Waals surface area (Å²) in [5.74, 6) is 0.165. The first-order valence-electron chi connectivity index (χ1n) is 11.3. The average molecular weight is 478 g/mol. The first-order chi connectivity index (χ1) is 16.5. The molecule has 2 saturated heterocycles. The number of H-pyrrole nitrogens is 1. The number of nitrogens with one attached hydrogen (secondary N) is 1. The van der Waals surface area contributed by atoms with Crippen LogP contribution in [-0.4, -0.2) is 64.5 Å². The Balaban J connectivity index is 1.39. The first kappa shape index (κ1) is 22.3. The molecule has 3 heterocycles. The monoisotopic (exact) mass is 478 g/mol. The summed E-state index contributed by atoms with van der Waals surface area (Å²) in [6, 6.07) is 12.0. The molecule has 174 valence electrons. The van der Waals surface area contributed by atoms with Crippen molar-refractivity contribution in [2.75, 3.05) is 38.5 Å². The van der Waals surface area contributed by atoms with Gasteiger partial charge in [-0.15, -0.1) is 4.99 Å². The second-order valence-electron chi connectivity index (χ2n) is 8.68. The zero-order valence-electron chi connectivity index (χ0n) is 18.6. The average Bonchev–Trinajstić information content (AvgIpc) is 2.81. The summed E-state index contributed by atoms with van der Waals surface area (Å²) in [6.45, 7) is 2.64. The Hall–Kier alpha value is -3.50.